The van der Waals surface area contributed by atoms with Crippen LogP contribution in [0.2, 0.25) is 0 Å². The van der Waals surface area contributed by atoms with Crippen LogP contribution in [0.4, 0.5) is 11.4 Å². The van der Waals surface area contributed by atoms with Crippen LogP contribution < -0.4 is 14.4 Å². The van der Waals surface area contributed by atoms with E-state index in [9.17, 15) is 13.2 Å². The van der Waals surface area contributed by atoms with E-state index in [1.807, 2.05) is 26.0 Å². The molecule has 1 amide bonds. The minimum atomic E-state index is -3.83. The zero-order chi connectivity index (χ0) is 19.6. The standard InChI is InChI=1S/C20H24N2O4S/c1-4-15-8-10-18(26-3)19(12-15)27(24,25)21-16-9-7-14(2)17(13-16)22-11-5-6-20(22)23/h7-10,12-13,21H,4-6,11H2,1-3H3. The van der Waals surface area contributed by atoms with Gasteiger partial charge in [-0.1, -0.05) is 19.1 Å². The molecule has 0 spiro atoms. The van der Waals surface area contributed by atoms with Gasteiger partial charge in [0.15, 0.2) is 0 Å². The zero-order valence-corrected chi connectivity index (χ0v) is 16.6. The molecule has 0 aromatic heterocycles. The number of nitrogens with zero attached hydrogens (tertiary/aromatic N) is 1. The lowest BCUT2D eigenvalue weighted by molar-refractivity contribution is -0.117. The maximum absolute atomic E-state index is 13.0. The summed E-state index contributed by atoms with van der Waals surface area (Å²) in [6.45, 7) is 4.53. The predicted octanol–water partition coefficient (Wildman–Crippen LogP) is 3.49. The Morgan fingerprint density at radius 1 is 1.19 bits per heavy atom. The first-order chi connectivity index (χ1) is 12.9. The maximum atomic E-state index is 13.0. The monoisotopic (exact) mass is 388 g/mol. The number of ether oxygens (including phenoxy) is 1. The average molecular weight is 388 g/mol. The summed E-state index contributed by atoms with van der Waals surface area (Å²) in [5, 5.41) is 0. The second kappa shape index (κ2) is 7.60. The van der Waals surface area contributed by atoms with E-state index in [-0.39, 0.29) is 10.8 Å². The lowest BCUT2D eigenvalue weighted by atomic mass is 10.1. The number of nitrogens with one attached hydrogen (secondary N) is 1. The van der Waals surface area contributed by atoms with E-state index >= 15 is 0 Å². The third kappa shape index (κ3) is 3.93. The first kappa shape index (κ1) is 19.2. The van der Waals surface area contributed by atoms with Crippen LogP contribution in [-0.4, -0.2) is 28.0 Å². The van der Waals surface area contributed by atoms with Gasteiger partial charge < -0.3 is 9.64 Å². The highest BCUT2D eigenvalue weighted by atomic mass is 32.2. The van der Waals surface area contributed by atoms with Gasteiger partial charge in [-0.05, 0) is 55.2 Å². The third-order valence-corrected chi connectivity index (χ3v) is 6.15. The molecule has 1 heterocycles. The summed E-state index contributed by atoms with van der Waals surface area (Å²) < 4.78 is 33.8. The number of sulfonamides is 1. The van der Waals surface area contributed by atoms with E-state index in [0.717, 1.165) is 29.7 Å². The number of aryl methyl sites for hydroxylation is 2. The number of anilines is 2. The van der Waals surface area contributed by atoms with Crippen molar-refractivity contribution >= 4 is 27.3 Å². The molecule has 0 saturated carbocycles. The highest BCUT2D eigenvalue weighted by molar-refractivity contribution is 7.92. The van der Waals surface area contributed by atoms with E-state index in [0.29, 0.717) is 24.4 Å². The van der Waals surface area contributed by atoms with Gasteiger partial charge in [0.25, 0.3) is 10.0 Å². The van der Waals surface area contributed by atoms with Crippen LogP contribution in [0.25, 0.3) is 0 Å². The molecule has 3 rings (SSSR count). The molecule has 1 aliphatic rings. The van der Waals surface area contributed by atoms with Crippen molar-refractivity contribution in [1.29, 1.82) is 0 Å². The topological polar surface area (TPSA) is 75.7 Å². The smallest absolute Gasteiger partial charge is 0.265 e. The van der Waals surface area contributed by atoms with Crippen molar-refractivity contribution in [2.24, 2.45) is 0 Å². The number of methoxy groups -OCH3 is 1. The van der Waals surface area contributed by atoms with Crippen LogP contribution in [0.1, 0.15) is 30.9 Å². The summed E-state index contributed by atoms with van der Waals surface area (Å²) >= 11 is 0. The molecule has 144 valence electrons. The van der Waals surface area contributed by atoms with E-state index in [2.05, 4.69) is 4.72 Å². The normalized spacial score (nSPS) is 14.5. The molecule has 0 bridgehead atoms. The van der Waals surface area contributed by atoms with Crippen molar-refractivity contribution < 1.29 is 17.9 Å². The first-order valence-electron chi connectivity index (χ1n) is 8.96. The fourth-order valence-electron chi connectivity index (χ4n) is 3.23. The van der Waals surface area contributed by atoms with Crippen LogP contribution in [0.5, 0.6) is 5.75 Å². The summed E-state index contributed by atoms with van der Waals surface area (Å²) in [7, 11) is -2.39. The molecule has 7 heteroatoms. The fourth-order valence-corrected chi connectivity index (χ4v) is 4.50. The molecule has 1 fully saturated rings. The van der Waals surface area contributed by atoms with Crippen molar-refractivity contribution in [2.75, 3.05) is 23.3 Å². The highest BCUT2D eigenvalue weighted by Gasteiger charge is 2.25. The molecule has 0 unspecified atom stereocenters. The van der Waals surface area contributed by atoms with E-state index in [1.165, 1.54) is 7.11 Å². The second-order valence-corrected chi connectivity index (χ2v) is 8.25. The predicted molar refractivity (Wildman–Crippen MR) is 106 cm³/mol. The Morgan fingerprint density at radius 2 is 1.96 bits per heavy atom. The van der Waals surface area contributed by atoms with Gasteiger partial charge in [-0.2, -0.15) is 0 Å². The molecule has 27 heavy (non-hydrogen) atoms. The molecule has 0 atom stereocenters. The van der Waals surface area contributed by atoms with Gasteiger partial charge in [0, 0.05) is 18.7 Å². The molecule has 6 nitrogen and oxygen atoms in total. The number of hydrogen-bond donors (Lipinski definition) is 1. The number of carbonyl (C=O) groups is 1. The molecule has 0 aliphatic carbocycles. The molecule has 0 radical (unpaired) electrons. The van der Waals surface area contributed by atoms with Crippen LogP contribution in [0.3, 0.4) is 0 Å². The zero-order valence-electron chi connectivity index (χ0n) is 15.8. The lowest BCUT2D eigenvalue weighted by Crippen LogP contribution is -2.24. The second-order valence-electron chi connectivity index (χ2n) is 6.59. The lowest BCUT2D eigenvalue weighted by Gasteiger charge is -2.20. The molecular weight excluding hydrogens is 364 g/mol. The molecule has 1 aliphatic heterocycles. The van der Waals surface area contributed by atoms with Gasteiger partial charge in [0.2, 0.25) is 5.91 Å². The number of amides is 1. The van der Waals surface area contributed by atoms with Gasteiger partial charge in [0.05, 0.1) is 12.8 Å². The van der Waals surface area contributed by atoms with Gasteiger partial charge in [-0.3, -0.25) is 9.52 Å². The van der Waals surface area contributed by atoms with Crippen LogP contribution in [0, 0.1) is 6.92 Å². The molecule has 1 N–H and O–H groups in total. The number of rotatable bonds is 6. The van der Waals surface area contributed by atoms with E-state index in [1.54, 1.807) is 29.2 Å². The quantitative estimate of drug-likeness (QED) is 0.822. The van der Waals surface area contributed by atoms with Crippen LogP contribution >= 0.6 is 0 Å². The highest BCUT2D eigenvalue weighted by Crippen LogP contribution is 2.31. The van der Waals surface area contributed by atoms with E-state index < -0.39 is 10.0 Å². The molecule has 1 saturated heterocycles. The summed E-state index contributed by atoms with van der Waals surface area (Å²) in [6.07, 6.45) is 2.06. The SMILES string of the molecule is CCc1ccc(OC)c(S(=O)(=O)Nc2ccc(C)c(N3CCCC3=O)c2)c1. The Hall–Kier alpha value is -2.54. The average Bonchev–Trinajstić information content (AvgIpc) is 3.08. The number of benzene rings is 2. The van der Waals surface area contributed by atoms with Gasteiger partial charge in [0.1, 0.15) is 10.6 Å². The molecule has 2 aromatic carbocycles. The Kier molecular flexibility index (Phi) is 5.41. The summed E-state index contributed by atoms with van der Waals surface area (Å²) in [4.78, 5) is 13.9. The Balaban J connectivity index is 1.96. The largest absolute Gasteiger partial charge is 0.495 e. The molecular formula is C20H24N2O4S. The summed E-state index contributed by atoms with van der Waals surface area (Å²) in [5.41, 5.74) is 2.99. The minimum absolute atomic E-state index is 0.0652. The van der Waals surface area contributed by atoms with Gasteiger partial charge in [-0.15, -0.1) is 0 Å². The van der Waals surface area contributed by atoms with Crippen molar-refractivity contribution in [2.45, 2.75) is 38.0 Å². The summed E-state index contributed by atoms with van der Waals surface area (Å²) in [5.74, 6) is 0.358. The Bertz CT molecular complexity index is 970. The maximum Gasteiger partial charge on any atom is 0.265 e. The van der Waals surface area contributed by atoms with Crippen LogP contribution in [0.15, 0.2) is 41.3 Å². The van der Waals surface area contributed by atoms with Gasteiger partial charge in [-0.25, -0.2) is 8.42 Å². The first-order valence-corrected chi connectivity index (χ1v) is 10.4. The van der Waals surface area contributed by atoms with Crippen molar-refractivity contribution in [1.82, 2.24) is 0 Å². The van der Waals surface area contributed by atoms with Crippen LogP contribution in [-0.2, 0) is 21.2 Å². The van der Waals surface area contributed by atoms with Crippen molar-refractivity contribution in [3.8, 4) is 5.75 Å². The summed E-state index contributed by atoms with van der Waals surface area (Å²) in [6, 6.07) is 10.4. The fraction of sp³-hybridized carbons (Fsp3) is 0.350. The number of hydrogen-bond acceptors (Lipinski definition) is 4. The van der Waals surface area contributed by atoms with Gasteiger partial charge >= 0.3 is 0 Å². The molecule has 2 aromatic rings. The van der Waals surface area contributed by atoms with Crippen molar-refractivity contribution in [3.63, 3.8) is 0 Å². The van der Waals surface area contributed by atoms with E-state index in [4.69, 9.17) is 4.74 Å². The third-order valence-electron chi connectivity index (χ3n) is 4.75. The Morgan fingerprint density at radius 3 is 2.59 bits per heavy atom. The number of carbonyl (C=O) groups excluding carboxylic acids is 1. The minimum Gasteiger partial charge on any atom is -0.495 e. The van der Waals surface area contributed by atoms with Crippen molar-refractivity contribution in [3.05, 3.63) is 47.5 Å². The Labute approximate surface area is 160 Å².